The highest BCUT2D eigenvalue weighted by Gasteiger charge is 2.23. The van der Waals surface area contributed by atoms with E-state index in [1.807, 2.05) is 19.9 Å². The Hall–Kier alpha value is -1.19. The van der Waals surface area contributed by atoms with Crippen molar-refractivity contribution in [2.45, 2.75) is 26.8 Å². The first kappa shape index (κ1) is 12.3. The quantitative estimate of drug-likeness (QED) is 0.791. The van der Waals surface area contributed by atoms with Crippen LogP contribution in [0.1, 0.15) is 27.0 Å². The Morgan fingerprint density at radius 1 is 1.24 bits per heavy atom. The molecule has 0 bridgehead atoms. The molecule has 0 saturated carbocycles. The van der Waals surface area contributed by atoms with Crippen LogP contribution < -0.4 is 5.32 Å². The summed E-state index contributed by atoms with van der Waals surface area (Å²) in [6, 6.07) is 3.87. The fourth-order valence-electron chi connectivity index (χ4n) is 2.15. The number of aryl methyl sites for hydroxylation is 3. The number of carbonyl (C=O) groups excluding carboxylic acids is 1. The summed E-state index contributed by atoms with van der Waals surface area (Å²) in [5.74, 6) is 0.144. The van der Waals surface area contributed by atoms with E-state index in [1.165, 1.54) is 5.56 Å². The number of rotatable bonds is 2. The van der Waals surface area contributed by atoms with Gasteiger partial charge in [0, 0.05) is 12.1 Å². The van der Waals surface area contributed by atoms with E-state index in [0.29, 0.717) is 13.2 Å². The number of morpholine rings is 1. The van der Waals surface area contributed by atoms with E-state index in [2.05, 4.69) is 18.3 Å². The number of nitrogens with one attached hydrogen (secondary N) is 1. The molecule has 1 N–H and O–H groups in total. The molecule has 1 aliphatic rings. The molecular formula is C14H19NO2. The lowest BCUT2D eigenvalue weighted by molar-refractivity contribution is 0.0607. The predicted molar refractivity (Wildman–Crippen MR) is 67.6 cm³/mol. The monoisotopic (exact) mass is 233 g/mol. The van der Waals surface area contributed by atoms with Gasteiger partial charge >= 0.3 is 0 Å². The summed E-state index contributed by atoms with van der Waals surface area (Å²) in [6.45, 7) is 8.01. The minimum Gasteiger partial charge on any atom is -0.378 e. The number of ether oxygens (including phenoxy) is 1. The largest absolute Gasteiger partial charge is 0.378 e. The van der Waals surface area contributed by atoms with Crippen LogP contribution in [-0.2, 0) is 4.74 Å². The predicted octanol–water partition coefficient (Wildman–Crippen LogP) is 1.78. The van der Waals surface area contributed by atoms with E-state index in [-0.39, 0.29) is 11.8 Å². The van der Waals surface area contributed by atoms with Crippen LogP contribution in [0.2, 0.25) is 0 Å². The second-order valence-electron chi connectivity index (χ2n) is 4.70. The van der Waals surface area contributed by atoms with Gasteiger partial charge in [0.05, 0.1) is 19.3 Å². The molecule has 1 fully saturated rings. The van der Waals surface area contributed by atoms with Crippen molar-refractivity contribution in [3.8, 4) is 0 Å². The van der Waals surface area contributed by atoms with Gasteiger partial charge in [-0.05, 0) is 43.5 Å². The van der Waals surface area contributed by atoms with Crippen LogP contribution in [0.3, 0.4) is 0 Å². The molecule has 0 spiro atoms. The van der Waals surface area contributed by atoms with Crippen LogP contribution in [0.25, 0.3) is 0 Å². The maximum absolute atomic E-state index is 12.3. The molecule has 92 valence electrons. The molecular weight excluding hydrogens is 214 g/mol. The number of ketones is 1. The molecule has 2 rings (SSSR count). The normalized spacial score (nSPS) is 20.3. The van der Waals surface area contributed by atoms with Gasteiger partial charge in [0.15, 0.2) is 5.78 Å². The lowest BCUT2D eigenvalue weighted by Crippen LogP contribution is -2.46. The zero-order chi connectivity index (χ0) is 12.4. The van der Waals surface area contributed by atoms with Crippen LogP contribution in [0, 0.1) is 20.8 Å². The van der Waals surface area contributed by atoms with E-state index in [1.54, 1.807) is 0 Å². The average Bonchev–Trinajstić information content (AvgIpc) is 2.34. The van der Waals surface area contributed by atoms with Crippen LogP contribution >= 0.6 is 0 Å². The molecule has 1 unspecified atom stereocenters. The Morgan fingerprint density at radius 3 is 2.59 bits per heavy atom. The average molecular weight is 233 g/mol. The van der Waals surface area contributed by atoms with Gasteiger partial charge in [-0.15, -0.1) is 0 Å². The molecule has 3 heteroatoms. The summed E-state index contributed by atoms with van der Waals surface area (Å²) in [4.78, 5) is 12.3. The SMILES string of the molecule is Cc1cc(C)c(C(=O)C2COCCN2)cc1C. The molecule has 1 heterocycles. The van der Waals surface area contributed by atoms with E-state index in [4.69, 9.17) is 4.74 Å². The van der Waals surface area contributed by atoms with Crippen molar-refractivity contribution in [2.24, 2.45) is 0 Å². The molecule has 1 atom stereocenters. The van der Waals surface area contributed by atoms with Gasteiger partial charge in [-0.1, -0.05) is 6.07 Å². The first-order valence-electron chi connectivity index (χ1n) is 6.03. The van der Waals surface area contributed by atoms with E-state index in [0.717, 1.165) is 23.2 Å². The highest BCUT2D eigenvalue weighted by atomic mass is 16.5. The topological polar surface area (TPSA) is 38.3 Å². The molecule has 0 radical (unpaired) electrons. The molecule has 1 saturated heterocycles. The lowest BCUT2D eigenvalue weighted by atomic mass is 9.95. The molecule has 1 aromatic rings. The maximum Gasteiger partial charge on any atom is 0.182 e. The first-order valence-corrected chi connectivity index (χ1v) is 6.03. The van der Waals surface area contributed by atoms with Crippen LogP contribution in [0.15, 0.2) is 12.1 Å². The summed E-state index contributed by atoms with van der Waals surface area (Å²) in [7, 11) is 0. The third-order valence-corrected chi connectivity index (χ3v) is 3.34. The number of carbonyl (C=O) groups is 1. The summed E-state index contributed by atoms with van der Waals surface area (Å²) in [5, 5.41) is 3.20. The van der Waals surface area contributed by atoms with Crippen molar-refractivity contribution in [3.63, 3.8) is 0 Å². The molecule has 0 amide bonds. The molecule has 1 aliphatic heterocycles. The van der Waals surface area contributed by atoms with E-state index < -0.39 is 0 Å². The second kappa shape index (κ2) is 4.98. The Balaban J connectivity index is 2.26. The molecule has 1 aromatic carbocycles. The minimum absolute atomic E-state index is 0.144. The zero-order valence-corrected chi connectivity index (χ0v) is 10.7. The smallest absolute Gasteiger partial charge is 0.182 e. The Labute approximate surface area is 102 Å². The van der Waals surface area contributed by atoms with Crippen molar-refractivity contribution in [2.75, 3.05) is 19.8 Å². The summed E-state index contributed by atoms with van der Waals surface area (Å²) in [5.41, 5.74) is 4.25. The number of hydrogen-bond donors (Lipinski definition) is 1. The second-order valence-corrected chi connectivity index (χ2v) is 4.70. The molecule has 0 aromatic heterocycles. The van der Waals surface area contributed by atoms with Gasteiger partial charge in [0.25, 0.3) is 0 Å². The summed E-state index contributed by atoms with van der Waals surface area (Å²) < 4.78 is 5.34. The minimum atomic E-state index is -0.190. The van der Waals surface area contributed by atoms with Crippen LogP contribution in [0.5, 0.6) is 0 Å². The Morgan fingerprint density at radius 2 is 1.94 bits per heavy atom. The van der Waals surface area contributed by atoms with Gasteiger partial charge < -0.3 is 10.1 Å². The fraction of sp³-hybridized carbons (Fsp3) is 0.500. The first-order chi connectivity index (χ1) is 8.09. The van der Waals surface area contributed by atoms with E-state index >= 15 is 0 Å². The van der Waals surface area contributed by atoms with Crippen LogP contribution in [0.4, 0.5) is 0 Å². The van der Waals surface area contributed by atoms with Crippen molar-refractivity contribution in [3.05, 3.63) is 34.4 Å². The standard InChI is InChI=1S/C14H19NO2/c1-9-6-11(3)12(7-10(9)2)14(16)13-8-17-5-4-15-13/h6-7,13,15H,4-5,8H2,1-3H3. The van der Waals surface area contributed by atoms with Crippen molar-refractivity contribution in [1.82, 2.24) is 5.32 Å². The van der Waals surface area contributed by atoms with Gasteiger partial charge in [-0.25, -0.2) is 0 Å². The molecule has 17 heavy (non-hydrogen) atoms. The van der Waals surface area contributed by atoms with Gasteiger partial charge in [-0.2, -0.15) is 0 Å². The third-order valence-electron chi connectivity index (χ3n) is 3.34. The highest BCUT2D eigenvalue weighted by molar-refractivity contribution is 6.01. The van der Waals surface area contributed by atoms with Crippen molar-refractivity contribution >= 4 is 5.78 Å². The number of Topliss-reactive ketones (excluding diaryl/α,β-unsaturated/α-hetero) is 1. The van der Waals surface area contributed by atoms with Crippen LogP contribution in [-0.4, -0.2) is 31.6 Å². The van der Waals surface area contributed by atoms with Crippen molar-refractivity contribution in [1.29, 1.82) is 0 Å². The number of hydrogen-bond acceptors (Lipinski definition) is 3. The van der Waals surface area contributed by atoms with Crippen molar-refractivity contribution < 1.29 is 9.53 Å². The Bertz CT molecular complexity index is 434. The van der Waals surface area contributed by atoms with Gasteiger partial charge in [0.1, 0.15) is 0 Å². The molecule has 0 aliphatic carbocycles. The maximum atomic E-state index is 12.3. The molecule has 3 nitrogen and oxygen atoms in total. The van der Waals surface area contributed by atoms with E-state index in [9.17, 15) is 4.79 Å². The summed E-state index contributed by atoms with van der Waals surface area (Å²) in [6.07, 6.45) is 0. The summed E-state index contributed by atoms with van der Waals surface area (Å²) >= 11 is 0. The van der Waals surface area contributed by atoms with Gasteiger partial charge in [0.2, 0.25) is 0 Å². The number of benzene rings is 1. The Kier molecular flexibility index (Phi) is 3.60. The zero-order valence-electron chi connectivity index (χ0n) is 10.7. The van der Waals surface area contributed by atoms with Gasteiger partial charge in [-0.3, -0.25) is 4.79 Å². The lowest BCUT2D eigenvalue weighted by Gasteiger charge is -2.23. The fourth-order valence-corrected chi connectivity index (χ4v) is 2.15. The highest BCUT2D eigenvalue weighted by Crippen LogP contribution is 2.17. The third kappa shape index (κ3) is 2.56.